The first kappa shape index (κ1) is 52.8. The van der Waals surface area contributed by atoms with Crippen LogP contribution in [0.4, 0.5) is 17.7 Å². The molecule has 2 aliphatic heterocycles. The minimum Gasteiger partial charge on any atom is -0.451 e. The Hall–Kier alpha value is -6.18. The van der Waals surface area contributed by atoms with Gasteiger partial charge in [-0.2, -0.15) is 19.9 Å². The summed E-state index contributed by atoms with van der Waals surface area (Å²) < 4.78 is 28.4. The predicted molar refractivity (Wildman–Crippen MR) is 266 cm³/mol. The summed E-state index contributed by atoms with van der Waals surface area (Å²) in [5.41, 5.74) is 17.8. The van der Waals surface area contributed by atoms with E-state index in [0.29, 0.717) is 45.8 Å². The number of benzene rings is 2. The van der Waals surface area contributed by atoms with Gasteiger partial charge >= 0.3 is 11.9 Å². The molecule has 0 radical (unpaired) electrons. The van der Waals surface area contributed by atoms with Crippen molar-refractivity contribution in [3.63, 3.8) is 0 Å². The third kappa shape index (κ3) is 11.1. The second kappa shape index (κ2) is 23.2. The Morgan fingerprint density at radius 1 is 0.750 bits per heavy atom. The van der Waals surface area contributed by atoms with Crippen LogP contribution in [0.1, 0.15) is 100 Å². The molecular weight excluding hydrogens is 912 g/mol. The Labute approximate surface area is 407 Å². The van der Waals surface area contributed by atoms with Crippen LogP contribution < -0.4 is 22.5 Å². The van der Waals surface area contributed by atoms with Crippen LogP contribution in [-0.4, -0.2) is 87.5 Å². The van der Waals surface area contributed by atoms with E-state index in [9.17, 15) is 9.59 Å². The molecular formula is C48H62Cl2N12O6. The molecule has 6 heterocycles. The normalized spacial score (nSPS) is 23.9. The Kier molecular flexibility index (Phi) is 18.0. The van der Waals surface area contributed by atoms with Gasteiger partial charge < -0.3 is 41.5 Å². The molecule has 0 amide bonds. The van der Waals surface area contributed by atoms with Crippen molar-refractivity contribution in [3.05, 3.63) is 115 Å². The molecule has 8 atom stereocenters. The van der Waals surface area contributed by atoms with Crippen molar-refractivity contribution < 1.29 is 28.5 Å². The molecule has 364 valence electrons. The summed E-state index contributed by atoms with van der Waals surface area (Å²) in [7, 11) is 0. The molecule has 0 aliphatic carbocycles. The molecule has 2 aromatic carbocycles. The average Bonchev–Trinajstić information content (AvgIpc) is 4.06. The van der Waals surface area contributed by atoms with Crippen molar-refractivity contribution in [1.82, 2.24) is 39.0 Å². The average molecular weight is 974 g/mol. The largest absolute Gasteiger partial charge is 0.451 e. The third-order valence-electron chi connectivity index (χ3n) is 12.3. The molecule has 6 aromatic rings. The Bertz CT molecular complexity index is 2650. The van der Waals surface area contributed by atoms with Crippen LogP contribution >= 0.6 is 24.0 Å². The van der Waals surface area contributed by atoms with E-state index in [1.54, 1.807) is 64.3 Å². The lowest BCUT2D eigenvalue weighted by Crippen LogP contribution is -2.43. The molecule has 8 rings (SSSR count). The number of nitrogen functional groups attached to an aromatic ring is 2. The predicted octanol–water partition coefficient (Wildman–Crippen LogP) is 8.52. The maximum absolute atomic E-state index is 13.0. The zero-order valence-corrected chi connectivity index (χ0v) is 40.8. The van der Waals surface area contributed by atoms with Crippen molar-refractivity contribution in [3.8, 4) is 0 Å². The van der Waals surface area contributed by atoms with Crippen molar-refractivity contribution >= 4 is 76.0 Å². The van der Waals surface area contributed by atoms with E-state index in [0.717, 1.165) is 32.2 Å². The molecule has 2 saturated heterocycles. The van der Waals surface area contributed by atoms with Crippen LogP contribution in [0.25, 0.3) is 22.3 Å². The highest BCUT2D eigenvalue weighted by atomic mass is 35.5. The van der Waals surface area contributed by atoms with Crippen LogP contribution in [0, 0.1) is 11.8 Å². The Morgan fingerprint density at radius 2 is 1.19 bits per heavy atom. The van der Waals surface area contributed by atoms with Crippen molar-refractivity contribution in [2.75, 3.05) is 29.9 Å². The van der Waals surface area contributed by atoms with Gasteiger partial charge in [-0.1, -0.05) is 87.8 Å². The van der Waals surface area contributed by atoms with Crippen molar-refractivity contribution in [1.29, 1.82) is 0 Å². The van der Waals surface area contributed by atoms with Crippen LogP contribution in [0.15, 0.2) is 98.6 Å². The smallest absolute Gasteiger partial charge is 0.338 e. The number of hydrogen-bond donors (Lipinski definition) is 4. The van der Waals surface area contributed by atoms with Gasteiger partial charge in [0, 0.05) is 18.4 Å². The summed E-state index contributed by atoms with van der Waals surface area (Å²) >= 11 is 6.17. The second-order valence-electron chi connectivity index (χ2n) is 16.6. The topological polar surface area (TPSA) is 248 Å². The van der Waals surface area contributed by atoms with E-state index in [4.69, 9.17) is 47.7 Å². The standard InChI is InChI=1S/C24H30N6O3.C20H22ClN5O3.C4H9N.ClH/c1-5-7-13-26-19-18-20(29-23(25)28-19)30(14-27-18)22-24(4,15(3)17(6-2)32-22)33-21(31)16-11-9-8-10-12-16;1-4-13-11(2)20(3,29-17(27)12-8-6-5-7-9-12)18(28-13)26-10-23-14-15(21)24-19(22)25-16(14)26;1-2-3-4-5;/h5,8-12,14-15,17,22H,1,6-7,13H2,2-4H3,(H3,25,26,28,29);5-11,13,18H,4H2,1-3H3,(H2,22,24,25);2H,1,3-5H2;1H/t15-,17?,22?,24-;11-,13?,18?,20-;;/m11../s1. The molecule has 4 unspecified atom stereocenters. The fraction of sp³-hybridized carbons (Fsp3) is 0.417. The Morgan fingerprint density at radius 3 is 1.62 bits per heavy atom. The summed E-state index contributed by atoms with van der Waals surface area (Å²) in [4.78, 5) is 51.7. The minimum absolute atomic E-state index is 0. The first-order valence-electron chi connectivity index (χ1n) is 22.3. The molecule has 20 heteroatoms. The van der Waals surface area contributed by atoms with Gasteiger partial charge in [-0.05, 0) is 70.3 Å². The van der Waals surface area contributed by atoms with E-state index < -0.39 is 35.6 Å². The zero-order chi connectivity index (χ0) is 48.5. The molecule has 0 saturated carbocycles. The molecule has 0 spiro atoms. The summed E-state index contributed by atoms with van der Waals surface area (Å²) in [5.74, 6) is -0.266. The van der Waals surface area contributed by atoms with Crippen LogP contribution in [0.2, 0.25) is 5.15 Å². The quantitative estimate of drug-likeness (QED) is 0.0346. The lowest BCUT2D eigenvalue weighted by Gasteiger charge is -2.34. The number of anilines is 3. The number of fused-ring (bicyclic) bond motifs is 2. The highest BCUT2D eigenvalue weighted by Gasteiger charge is 2.56. The second-order valence-corrected chi connectivity index (χ2v) is 17.0. The Balaban J connectivity index is 0.000000230. The van der Waals surface area contributed by atoms with E-state index in [-0.39, 0.29) is 53.5 Å². The van der Waals surface area contributed by atoms with Crippen molar-refractivity contribution in [2.45, 2.75) is 103 Å². The van der Waals surface area contributed by atoms with Crippen LogP contribution in [-0.2, 0) is 18.9 Å². The highest BCUT2D eigenvalue weighted by molar-refractivity contribution is 6.33. The summed E-state index contributed by atoms with van der Waals surface area (Å²) in [6.07, 6.45) is 8.56. The zero-order valence-electron chi connectivity index (χ0n) is 39.2. The first-order chi connectivity index (χ1) is 32.1. The van der Waals surface area contributed by atoms with Crippen molar-refractivity contribution in [2.24, 2.45) is 17.6 Å². The number of nitrogens with two attached hydrogens (primary N) is 3. The number of imidazole rings is 2. The van der Waals surface area contributed by atoms with E-state index in [1.807, 2.05) is 65.0 Å². The third-order valence-corrected chi connectivity index (χ3v) is 12.6. The lowest BCUT2D eigenvalue weighted by atomic mass is 9.86. The van der Waals surface area contributed by atoms with Gasteiger partial charge in [0.2, 0.25) is 11.9 Å². The van der Waals surface area contributed by atoms with Gasteiger partial charge in [0.15, 0.2) is 51.4 Å². The van der Waals surface area contributed by atoms with Gasteiger partial charge in [0.1, 0.15) is 5.52 Å². The molecule has 7 N–H and O–H groups in total. The number of carbonyl (C=O) groups is 2. The number of rotatable bonds is 14. The van der Waals surface area contributed by atoms with Gasteiger partial charge in [0.25, 0.3) is 0 Å². The highest BCUT2D eigenvalue weighted by Crippen LogP contribution is 2.49. The molecule has 68 heavy (non-hydrogen) atoms. The number of nitrogens with zero attached hydrogens (tertiary/aromatic N) is 8. The maximum atomic E-state index is 13.0. The van der Waals surface area contributed by atoms with Gasteiger partial charge in [-0.25, -0.2) is 19.6 Å². The molecule has 18 nitrogen and oxygen atoms in total. The van der Waals surface area contributed by atoms with Gasteiger partial charge in [0.05, 0.1) is 36.0 Å². The number of esters is 2. The molecule has 2 aliphatic rings. The first-order valence-corrected chi connectivity index (χ1v) is 22.7. The molecule has 0 bridgehead atoms. The number of ether oxygens (including phenoxy) is 4. The lowest BCUT2D eigenvalue weighted by molar-refractivity contribution is -0.0949. The van der Waals surface area contributed by atoms with E-state index in [2.05, 4.69) is 55.3 Å². The number of halogens is 2. The number of hydrogen-bond acceptors (Lipinski definition) is 16. The van der Waals surface area contributed by atoms with Gasteiger partial charge in [-0.3, -0.25) is 9.13 Å². The summed E-state index contributed by atoms with van der Waals surface area (Å²) in [6.45, 7) is 20.5. The van der Waals surface area contributed by atoms with Crippen LogP contribution in [0.5, 0.6) is 0 Å². The maximum Gasteiger partial charge on any atom is 0.338 e. The number of nitrogens with one attached hydrogen (secondary N) is 1. The molecule has 4 aromatic heterocycles. The monoisotopic (exact) mass is 972 g/mol. The molecule has 2 fully saturated rings. The fourth-order valence-corrected chi connectivity index (χ4v) is 8.49. The number of carbonyl (C=O) groups excluding carboxylic acids is 2. The summed E-state index contributed by atoms with van der Waals surface area (Å²) in [6, 6.07) is 17.8. The van der Waals surface area contributed by atoms with Crippen LogP contribution in [0.3, 0.4) is 0 Å². The summed E-state index contributed by atoms with van der Waals surface area (Å²) in [5, 5.41) is 3.39. The van der Waals surface area contributed by atoms with E-state index in [1.165, 1.54) is 0 Å². The minimum atomic E-state index is -0.965. The van der Waals surface area contributed by atoms with E-state index >= 15 is 0 Å². The van der Waals surface area contributed by atoms with Gasteiger partial charge in [-0.15, -0.1) is 25.6 Å². The SMILES string of the molecule is C=CCCN.C=CCCNc1nc(N)nc2c1ncn2C1OC(CC)[C@@H](C)[C@@]1(C)OC(=O)c1ccccc1.CCC1OC(n2cnc3c(Cl)nc(N)nc32)[C@](C)(OC(=O)c2ccccc2)[C@@H]1C.Cl. The fourth-order valence-electron chi connectivity index (χ4n) is 8.27. The number of aromatic nitrogens is 8.